The summed E-state index contributed by atoms with van der Waals surface area (Å²) in [5, 5.41) is 0. The number of hydrogen-bond donors (Lipinski definition) is 0. The fourth-order valence-electron chi connectivity index (χ4n) is 12.7. The van der Waals surface area contributed by atoms with E-state index in [-0.39, 0.29) is 35.6 Å². The maximum atomic E-state index is 5.78. The van der Waals surface area contributed by atoms with E-state index in [2.05, 4.69) is 127 Å². The number of halogens is 2. The van der Waals surface area contributed by atoms with Crippen molar-refractivity contribution in [2.24, 2.45) is 29.1 Å². The first-order valence-electron chi connectivity index (χ1n) is 19.3. The molecule has 0 N–H and O–H groups in total. The van der Waals surface area contributed by atoms with Crippen LogP contribution in [0.3, 0.4) is 0 Å². The van der Waals surface area contributed by atoms with Crippen molar-refractivity contribution in [1.82, 2.24) is 0 Å². The third-order valence-electron chi connectivity index (χ3n) is 14.2. The monoisotopic (exact) mass is 786 g/mol. The van der Waals surface area contributed by atoms with E-state index in [1.54, 1.807) is 23.3 Å². The zero-order chi connectivity index (χ0) is 34.0. The molecule has 0 radical (unpaired) electrons. The molecule has 4 fully saturated rings. The van der Waals surface area contributed by atoms with Gasteiger partial charge in [0.1, 0.15) is 0 Å². The van der Waals surface area contributed by atoms with E-state index in [0.717, 1.165) is 24.2 Å². The second-order valence-corrected chi connectivity index (χ2v) is 33.9. The molecular formula is C47H62Cl2Zr. The molecule has 3 aromatic rings. The molecule has 0 spiro atoms. The Morgan fingerprint density at radius 3 is 1.92 bits per heavy atom. The fraction of sp³-hybridized carbons (Fsp3) is 0.511. The third-order valence-corrected chi connectivity index (χ3v) is 29.3. The molecule has 3 heteroatoms. The summed E-state index contributed by atoms with van der Waals surface area (Å²) in [6.07, 6.45) is 14.1. The van der Waals surface area contributed by atoms with Crippen molar-refractivity contribution in [3.05, 3.63) is 103 Å². The molecule has 1 atom stereocenters. The van der Waals surface area contributed by atoms with Crippen LogP contribution in [0.4, 0.5) is 0 Å². The first-order chi connectivity index (χ1) is 22.5. The van der Waals surface area contributed by atoms with Crippen LogP contribution in [0.2, 0.25) is 4.63 Å². The second-order valence-electron chi connectivity index (χ2n) is 20.1. The molecule has 3 aromatic carbocycles. The second kappa shape index (κ2) is 12.5. The summed E-state index contributed by atoms with van der Waals surface area (Å²) < 4.78 is 13.4. The third kappa shape index (κ3) is 5.82. The molecule has 9 rings (SSSR count). The summed E-state index contributed by atoms with van der Waals surface area (Å²) in [6.45, 7) is 19.4. The van der Waals surface area contributed by atoms with Gasteiger partial charge in [0.2, 0.25) is 0 Å². The summed E-state index contributed by atoms with van der Waals surface area (Å²) in [7, 11) is 0. The molecule has 6 aliphatic carbocycles. The average Bonchev–Trinajstić information content (AvgIpc) is 3.50. The molecule has 4 saturated carbocycles. The fourth-order valence-corrected chi connectivity index (χ4v) is 29.1. The van der Waals surface area contributed by atoms with Crippen molar-refractivity contribution in [2.75, 3.05) is 0 Å². The van der Waals surface area contributed by atoms with Crippen LogP contribution in [0.1, 0.15) is 123 Å². The summed E-state index contributed by atoms with van der Waals surface area (Å²) in [4.78, 5) is 0. The molecule has 4 bridgehead atoms. The summed E-state index contributed by atoms with van der Waals surface area (Å²) in [5.41, 5.74) is 12.9. The predicted molar refractivity (Wildman–Crippen MR) is 220 cm³/mol. The van der Waals surface area contributed by atoms with Crippen molar-refractivity contribution >= 4 is 35.6 Å². The van der Waals surface area contributed by atoms with Crippen molar-refractivity contribution in [2.45, 2.75) is 122 Å². The van der Waals surface area contributed by atoms with Gasteiger partial charge in [-0.15, -0.1) is 24.8 Å². The average molecular weight is 789 g/mol. The van der Waals surface area contributed by atoms with Gasteiger partial charge in [-0.25, -0.2) is 0 Å². The minimum absolute atomic E-state index is 0. The van der Waals surface area contributed by atoms with Crippen LogP contribution in [-0.4, -0.2) is 4.21 Å². The van der Waals surface area contributed by atoms with Gasteiger partial charge < -0.3 is 0 Å². The van der Waals surface area contributed by atoms with Gasteiger partial charge in [0.05, 0.1) is 0 Å². The Kier molecular flexibility index (Phi) is 9.57. The first-order valence-corrected chi connectivity index (χ1v) is 27.2. The molecule has 0 aliphatic heterocycles. The Bertz CT molecular complexity index is 1920. The number of hydrogen-bond acceptors (Lipinski definition) is 0. The van der Waals surface area contributed by atoms with Crippen LogP contribution in [-0.2, 0) is 35.5 Å². The van der Waals surface area contributed by atoms with Crippen molar-refractivity contribution in [1.29, 1.82) is 0 Å². The normalized spacial score (nSPS) is 27.0. The van der Waals surface area contributed by atoms with E-state index in [4.69, 9.17) is 4.21 Å². The van der Waals surface area contributed by atoms with E-state index >= 15 is 0 Å². The van der Waals surface area contributed by atoms with Crippen LogP contribution in [0, 0.1) is 29.1 Å². The van der Waals surface area contributed by atoms with E-state index < -0.39 is 18.3 Å². The summed E-state index contributed by atoms with van der Waals surface area (Å²) >= 11 is -4.52. The Labute approximate surface area is 317 Å². The quantitative estimate of drug-likeness (QED) is 0.189. The molecule has 0 nitrogen and oxygen atoms in total. The molecule has 0 amide bonds. The van der Waals surface area contributed by atoms with Crippen molar-refractivity contribution < 1.29 is 18.3 Å². The van der Waals surface area contributed by atoms with Gasteiger partial charge in [0, 0.05) is 0 Å². The van der Waals surface area contributed by atoms with Crippen LogP contribution < -0.4 is 6.54 Å². The summed E-state index contributed by atoms with van der Waals surface area (Å²) in [6, 6.07) is 24.1. The Morgan fingerprint density at radius 2 is 1.36 bits per heavy atom. The Balaban J connectivity index is 0.00000216. The van der Waals surface area contributed by atoms with E-state index in [9.17, 15) is 0 Å². The topological polar surface area (TPSA) is 0 Å². The molecule has 0 saturated heterocycles. The number of allylic oxidation sites excluding steroid dienone is 4. The van der Waals surface area contributed by atoms with Gasteiger partial charge in [-0.1, -0.05) is 0 Å². The Hall–Kier alpha value is -1.53. The zero-order valence-corrected chi connectivity index (χ0v) is 36.4. The maximum absolute atomic E-state index is 5.78. The van der Waals surface area contributed by atoms with Crippen LogP contribution in [0.25, 0.3) is 11.1 Å². The molecular weight excluding hydrogens is 727 g/mol. The molecule has 6 aliphatic rings. The molecule has 0 heterocycles. The molecule has 0 aromatic heterocycles. The standard InChI is InChI=1S/C21H25.C18H25.C6H5.CH3.CH2.2ClH.Zr/c1-20(2,3)16-7-9-18-14(12-16)11-15-13-17(21(4,5)6)8-10-19(15)18;1-12-3-13(2)17(4-12)11-18-8-14-5-15(9-18)7-16(6-14)10-18;1-2-4-6-5-3-1;;;;;/h7-10,12H,11H2,1-6H3;4,12,14-16H,5-11H2,1-2H3;1-5H;1H3;1H2;2*1H;. The number of benzene rings is 3. The van der Waals surface area contributed by atoms with Crippen molar-refractivity contribution in [3.8, 4) is 11.1 Å². The van der Waals surface area contributed by atoms with Crippen molar-refractivity contribution in [3.63, 3.8) is 0 Å². The SMILES string of the molecule is Cl.Cl.[CH2]=[Zr]([CH3])([C]1=C(C)C(CC23CC4CC(CC(C4)C2)C3)=CC1C)([c]1ccccc1)[c]1c(C(C)(C)C)ccc2c1Cc1cc(C(C)(C)C)ccc1-2. The van der Waals surface area contributed by atoms with Gasteiger partial charge in [-0.3, -0.25) is 0 Å². The minimum atomic E-state index is -4.52. The number of fused-ring (bicyclic) bond motifs is 3. The molecule has 268 valence electrons. The Morgan fingerprint density at radius 1 is 0.780 bits per heavy atom. The van der Waals surface area contributed by atoms with E-state index in [1.807, 2.05) is 0 Å². The summed E-state index contributed by atoms with van der Waals surface area (Å²) in [5.74, 6) is 3.40. The van der Waals surface area contributed by atoms with E-state index in [0.29, 0.717) is 11.3 Å². The van der Waals surface area contributed by atoms with Crippen LogP contribution in [0.5, 0.6) is 0 Å². The van der Waals surface area contributed by atoms with Gasteiger partial charge in [0.15, 0.2) is 0 Å². The number of rotatable bonds is 5. The van der Waals surface area contributed by atoms with Gasteiger partial charge >= 0.3 is 295 Å². The molecule has 1 unspecified atom stereocenters. The van der Waals surface area contributed by atoms with Crippen LogP contribution >= 0.6 is 24.8 Å². The predicted octanol–water partition coefficient (Wildman–Crippen LogP) is 12.3. The zero-order valence-electron chi connectivity index (χ0n) is 32.3. The van der Waals surface area contributed by atoms with Crippen LogP contribution in [0.15, 0.2) is 81.2 Å². The van der Waals surface area contributed by atoms with Gasteiger partial charge in [-0.2, -0.15) is 0 Å². The molecule has 50 heavy (non-hydrogen) atoms. The van der Waals surface area contributed by atoms with Gasteiger partial charge in [0.25, 0.3) is 0 Å². The first kappa shape index (κ1) is 38.2. The van der Waals surface area contributed by atoms with Gasteiger partial charge in [-0.05, 0) is 0 Å². The van der Waals surface area contributed by atoms with E-state index in [1.165, 1.54) is 76.0 Å².